The lowest BCUT2D eigenvalue weighted by Gasteiger charge is -2.34. The first-order valence-corrected chi connectivity index (χ1v) is 17.5. The fourth-order valence-corrected chi connectivity index (χ4v) is 7.79. The zero-order valence-electron chi connectivity index (χ0n) is 26.2. The summed E-state index contributed by atoms with van der Waals surface area (Å²) in [5, 5.41) is 3.66. The number of nitrogens with one attached hydrogen (secondary N) is 1. The van der Waals surface area contributed by atoms with Gasteiger partial charge in [0.1, 0.15) is 12.6 Å². The van der Waals surface area contributed by atoms with Crippen LogP contribution >= 0.6 is 11.6 Å². The van der Waals surface area contributed by atoms with Crippen LogP contribution in [0, 0.1) is 13.8 Å². The van der Waals surface area contributed by atoms with Crippen molar-refractivity contribution in [2.45, 2.75) is 69.5 Å². The molecular formula is C37H40ClN3O4S. The first kappa shape index (κ1) is 33.2. The molecule has 0 bridgehead atoms. The van der Waals surface area contributed by atoms with Crippen LogP contribution in [-0.4, -0.2) is 43.8 Å². The molecule has 4 aromatic rings. The van der Waals surface area contributed by atoms with E-state index in [-0.39, 0.29) is 29.8 Å². The first-order valence-electron chi connectivity index (χ1n) is 15.6. The van der Waals surface area contributed by atoms with E-state index < -0.39 is 28.5 Å². The minimum Gasteiger partial charge on any atom is -0.352 e. The maximum Gasteiger partial charge on any atom is 0.264 e. The quantitative estimate of drug-likeness (QED) is 0.181. The molecule has 1 saturated carbocycles. The molecule has 0 aliphatic heterocycles. The van der Waals surface area contributed by atoms with Crippen molar-refractivity contribution < 1.29 is 18.0 Å². The Morgan fingerprint density at radius 2 is 1.50 bits per heavy atom. The highest BCUT2D eigenvalue weighted by molar-refractivity contribution is 7.92. The smallest absolute Gasteiger partial charge is 0.264 e. The van der Waals surface area contributed by atoms with Crippen LogP contribution in [0.3, 0.4) is 0 Å². The second kappa shape index (κ2) is 15.0. The lowest BCUT2D eigenvalue weighted by atomic mass is 10.0. The first-order chi connectivity index (χ1) is 22.1. The molecule has 7 nitrogen and oxygen atoms in total. The monoisotopic (exact) mass is 657 g/mol. The molecule has 0 aromatic heterocycles. The van der Waals surface area contributed by atoms with Crippen molar-refractivity contribution in [3.63, 3.8) is 0 Å². The summed E-state index contributed by atoms with van der Waals surface area (Å²) in [4.78, 5) is 30.4. The summed E-state index contributed by atoms with van der Waals surface area (Å²) in [5.74, 6) is -0.727. The Kier molecular flexibility index (Phi) is 10.8. The van der Waals surface area contributed by atoms with Crippen LogP contribution in [0.15, 0.2) is 108 Å². The number of anilines is 1. The maximum absolute atomic E-state index is 14.7. The zero-order valence-corrected chi connectivity index (χ0v) is 27.8. The van der Waals surface area contributed by atoms with Crippen molar-refractivity contribution in [1.29, 1.82) is 0 Å². The van der Waals surface area contributed by atoms with Crippen molar-refractivity contribution >= 4 is 39.1 Å². The van der Waals surface area contributed by atoms with Gasteiger partial charge in [0, 0.05) is 24.0 Å². The van der Waals surface area contributed by atoms with Gasteiger partial charge in [-0.25, -0.2) is 8.42 Å². The molecule has 9 heteroatoms. The van der Waals surface area contributed by atoms with Gasteiger partial charge in [0.05, 0.1) is 10.6 Å². The Balaban J connectivity index is 1.58. The van der Waals surface area contributed by atoms with Crippen LogP contribution in [0.5, 0.6) is 0 Å². The molecular weight excluding hydrogens is 618 g/mol. The summed E-state index contributed by atoms with van der Waals surface area (Å²) in [6, 6.07) is 29.5. The molecule has 1 unspecified atom stereocenters. The molecule has 1 N–H and O–H groups in total. The number of hydrogen-bond acceptors (Lipinski definition) is 4. The summed E-state index contributed by atoms with van der Waals surface area (Å²) in [5.41, 5.74) is 3.71. The molecule has 2 amide bonds. The third-order valence-electron chi connectivity index (χ3n) is 8.45. The van der Waals surface area contributed by atoms with Crippen LogP contribution in [0.1, 0.15) is 47.9 Å². The molecule has 0 spiro atoms. The summed E-state index contributed by atoms with van der Waals surface area (Å²) < 4.78 is 29.5. The van der Waals surface area contributed by atoms with Crippen LogP contribution in [0.2, 0.25) is 5.02 Å². The highest BCUT2D eigenvalue weighted by Gasteiger charge is 2.36. The second-order valence-corrected chi connectivity index (χ2v) is 14.3. The molecule has 46 heavy (non-hydrogen) atoms. The van der Waals surface area contributed by atoms with Crippen molar-refractivity contribution in [2.75, 3.05) is 10.8 Å². The second-order valence-electron chi connectivity index (χ2n) is 12.0. The van der Waals surface area contributed by atoms with Gasteiger partial charge in [-0.3, -0.25) is 13.9 Å². The third kappa shape index (κ3) is 8.17. The number of halogens is 1. The Morgan fingerprint density at radius 3 is 2.15 bits per heavy atom. The minimum absolute atomic E-state index is 0.0494. The molecule has 0 saturated heterocycles. The normalized spacial score (nSPS) is 14.1. The van der Waals surface area contributed by atoms with Crippen molar-refractivity contribution in [3.05, 3.63) is 130 Å². The number of aryl methyl sites for hydroxylation is 2. The maximum atomic E-state index is 14.7. The molecule has 0 radical (unpaired) electrons. The standard InChI is InChI=1S/C37H40ClN3O4S/c1-27-12-11-15-30(22-27)25-40(35(24-29-13-5-3-6-14-29)37(43)39-32-16-9-10-17-32)36(42)26-41(34-21-20-31(38)23-28(34)2)46(44,45)33-18-7-4-8-19-33/h3-8,11-15,18-23,32,35H,9-10,16-17,24-26H2,1-2H3,(H,39,43). The fraction of sp³-hybridized carbons (Fsp3) is 0.297. The molecule has 0 heterocycles. The molecule has 1 fully saturated rings. The van der Waals surface area contributed by atoms with Crippen LogP contribution in [0.4, 0.5) is 5.69 Å². The van der Waals surface area contributed by atoms with Gasteiger partial charge in [0.15, 0.2) is 0 Å². The van der Waals surface area contributed by atoms with E-state index in [2.05, 4.69) is 5.32 Å². The van der Waals surface area contributed by atoms with E-state index in [9.17, 15) is 18.0 Å². The minimum atomic E-state index is -4.18. The fourth-order valence-electron chi connectivity index (χ4n) is 6.06. The number of sulfonamides is 1. The van der Waals surface area contributed by atoms with E-state index in [1.807, 2.05) is 61.5 Å². The Morgan fingerprint density at radius 1 is 0.848 bits per heavy atom. The number of hydrogen-bond donors (Lipinski definition) is 1. The SMILES string of the molecule is Cc1cccc(CN(C(=O)CN(c2ccc(Cl)cc2C)S(=O)(=O)c2ccccc2)C(Cc2ccccc2)C(=O)NC2CCCC2)c1. The van der Waals surface area contributed by atoms with Gasteiger partial charge in [0.25, 0.3) is 10.0 Å². The third-order valence-corrected chi connectivity index (χ3v) is 10.5. The van der Waals surface area contributed by atoms with Crippen molar-refractivity contribution in [2.24, 2.45) is 0 Å². The van der Waals surface area contributed by atoms with Crippen molar-refractivity contribution in [1.82, 2.24) is 10.2 Å². The Labute approximate surface area is 277 Å². The van der Waals surface area contributed by atoms with E-state index in [1.165, 1.54) is 12.1 Å². The number of rotatable bonds is 12. The van der Waals surface area contributed by atoms with E-state index in [4.69, 9.17) is 11.6 Å². The molecule has 4 aromatic carbocycles. The lowest BCUT2D eigenvalue weighted by Crippen LogP contribution is -2.54. The Hall–Kier alpha value is -4.14. The van der Waals surface area contributed by atoms with Gasteiger partial charge >= 0.3 is 0 Å². The molecule has 1 aliphatic carbocycles. The van der Waals surface area contributed by atoms with Gasteiger partial charge in [0.2, 0.25) is 11.8 Å². The van der Waals surface area contributed by atoms with E-state index >= 15 is 0 Å². The number of benzene rings is 4. The molecule has 5 rings (SSSR count). The van der Waals surface area contributed by atoms with Gasteiger partial charge < -0.3 is 10.2 Å². The average Bonchev–Trinajstić information content (AvgIpc) is 3.56. The van der Waals surface area contributed by atoms with E-state index in [0.717, 1.165) is 46.7 Å². The lowest BCUT2D eigenvalue weighted by molar-refractivity contribution is -0.140. The summed E-state index contributed by atoms with van der Waals surface area (Å²) in [6.07, 6.45) is 4.17. The predicted octanol–water partition coefficient (Wildman–Crippen LogP) is 6.85. The predicted molar refractivity (Wildman–Crippen MR) is 183 cm³/mol. The molecule has 1 atom stereocenters. The Bertz CT molecular complexity index is 1760. The molecule has 240 valence electrons. The molecule has 1 aliphatic rings. The summed E-state index contributed by atoms with van der Waals surface area (Å²) in [7, 11) is -4.18. The number of carbonyl (C=O) groups is 2. The van der Waals surface area contributed by atoms with Crippen molar-refractivity contribution in [3.8, 4) is 0 Å². The highest BCUT2D eigenvalue weighted by Crippen LogP contribution is 2.30. The average molecular weight is 658 g/mol. The van der Waals surface area contributed by atoms with Gasteiger partial charge in [-0.2, -0.15) is 0 Å². The van der Waals surface area contributed by atoms with Crippen LogP contribution in [0.25, 0.3) is 0 Å². The number of nitrogens with zero attached hydrogens (tertiary/aromatic N) is 2. The van der Waals surface area contributed by atoms with Gasteiger partial charge in [-0.05, 0) is 73.7 Å². The topological polar surface area (TPSA) is 86.8 Å². The number of carbonyl (C=O) groups excluding carboxylic acids is 2. The highest BCUT2D eigenvalue weighted by atomic mass is 35.5. The number of amides is 2. The largest absolute Gasteiger partial charge is 0.352 e. The van der Waals surface area contributed by atoms with Crippen LogP contribution in [-0.2, 0) is 32.6 Å². The van der Waals surface area contributed by atoms with Crippen LogP contribution < -0.4 is 9.62 Å². The van der Waals surface area contributed by atoms with Gasteiger partial charge in [-0.15, -0.1) is 0 Å². The zero-order chi connectivity index (χ0) is 32.7. The summed E-state index contributed by atoms with van der Waals surface area (Å²) in [6.45, 7) is 3.36. The summed E-state index contributed by atoms with van der Waals surface area (Å²) >= 11 is 6.25. The van der Waals surface area contributed by atoms with E-state index in [1.54, 1.807) is 48.2 Å². The van der Waals surface area contributed by atoms with E-state index in [0.29, 0.717) is 16.3 Å². The van der Waals surface area contributed by atoms with Gasteiger partial charge in [-0.1, -0.05) is 103 Å².